The lowest BCUT2D eigenvalue weighted by Gasteiger charge is -2.14. The van der Waals surface area contributed by atoms with Crippen LogP contribution >= 0.6 is 0 Å². The van der Waals surface area contributed by atoms with Crippen LogP contribution < -0.4 is 5.32 Å². The number of ketones is 1. The van der Waals surface area contributed by atoms with E-state index in [1.54, 1.807) is 6.08 Å². The molecule has 0 saturated heterocycles. The Morgan fingerprint density at radius 2 is 1.50 bits per heavy atom. The summed E-state index contributed by atoms with van der Waals surface area (Å²) in [4.78, 5) is 14.5. The van der Waals surface area contributed by atoms with Crippen LogP contribution in [0.15, 0.2) is 66.7 Å². The van der Waals surface area contributed by atoms with Crippen LogP contribution in [0.1, 0.15) is 15.9 Å². The first-order valence-corrected chi connectivity index (χ1v) is 7.42. The van der Waals surface area contributed by atoms with Crippen molar-refractivity contribution in [3.8, 4) is 0 Å². The van der Waals surface area contributed by atoms with Gasteiger partial charge in [-0.3, -0.25) is 4.79 Å². The molecular weight excluding hydrogens is 272 g/mol. The number of hydrogen-bond donors (Lipinski definition) is 1. The highest BCUT2D eigenvalue weighted by Gasteiger charge is 2.06. The average molecular weight is 294 g/mol. The van der Waals surface area contributed by atoms with E-state index in [2.05, 4.69) is 10.2 Å². The van der Waals surface area contributed by atoms with Gasteiger partial charge in [0.1, 0.15) is 0 Å². The second-order valence-corrected chi connectivity index (χ2v) is 5.38. The summed E-state index contributed by atoms with van der Waals surface area (Å²) in [6.07, 6.45) is 1.68. The molecule has 0 radical (unpaired) electrons. The molecule has 2 rings (SSSR count). The van der Waals surface area contributed by atoms with Gasteiger partial charge in [-0.05, 0) is 19.7 Å². The molecule has 0 aliphatic heterocycles. The van der Waals surface area contributed by atoms with Crippen molar-refractivity contribution in [1.29, 1.82) is 0 Å². The lowest BCUT2D eigenvalue weighted by molar-refractivity contribution is 0.104. The van der Waals surface area contributed by atoms with Crippen molar-refractivity contribution in [2.45, 2.75) is 0 Å². The highest BCUT2D eigenvalue weighted by atomic mass is 16.1. The molecule has 3 heteroatoms. The molecule has 0 saturated carbocycles. The predicted octanol–water partition coefficient (Wildman–Crippen LogP) is 3.06. The summed E-state index contributed by atoms with van der Waals surface area (Å²) in [6.45, 7) is 1.69. The number of benzene rings is 2. The third-order valence-corrected chi connectivity index (χ3v) is 3.29. The molecule has 1 N–H and O–H groups in total. The van der Waals surface area contributed by atoms with Crippen LogP contribution in [0.3, 0.4) is 0 Å². The first-order chi connectivity index (χ1) is 10.7. The fraction of sp³-hybridized carbons (Fsp3) is 0.211. The minimum absolute atomic E-state index is 0.0109. The molecular formula is C19H22N2O. The summed E-state index contributed by atoms with van der Waals surface area (Å²) >= 11 is 0. The summed E-state index contributed by atoms with van der Waals surface area (Å²) in [5, 5.41) is 3.37. The van der Waals surface area contributed by atoms with Gasteiger partial charge >= 0.3 is 0 Å². The number of nitrogens with one attached hydrogen (secondary N) is 1. The Bertz CT molecular complexity index is 618. The van der Waals surface area contributed by atoms with Crippen molar-refractivity contribution < 1.29 is 4.79 Å². The van der Waals surface area contributed by atoms with Gasteiger partial charge in [0.2, 0.25) is 0 Å². The lowest BCUT2D eigenvalue weighted by Crippen LogP contribution is -2.26. The predicted molar refractivity (Wildman–Crippen MR) is 91.7 cm³/mol. The molecule has 0 unspecified atom stereocenters. The summed E-state index contributed by atoms with van der Waals surface area (Å²) in [6, 6.07) is 19.3. The Morgan fingerprint density at radius 1 is 0.955 bits per heavy atom. The fourth-order valence-corrected chi connectivity index (χ4v) is 2.09. The standard InChI is InChI=1S/C19H22N2O/c1-21(2)14-13-20-18(16-9-5-3-6-10-16)15-19(22)17-11-7-4-8-12-17/h3-12,15,20H,13-14H2,1-2H3/b18-15-. The first-order valence-electron chi connectivity index (χ1n) is 7.42. The largest absolute Gasteiger partial charge is 0.383 e. The maximum atomic E-state index is 12.4. The SMILES string of the molecule is CN(C)CCN/C(=C\C(=O)c1ccccc1)c1ccccc1. The van der Waals surface area contributed by atoms with Gasteiger partial charge in [-0.15, -0.1) is 0 Å². The number of carbonyl (C=O) groups excluding carboxylic acids is 1. The first kappa shape index (κ1) is 16.0. The highest BCUT2D eigenvalue weighted by molar-refractivity contribution is 6.08. The molecule has 0 aromatic heterocycles. The smallest absolute Gasteiger partial charge is 0.187 e. The number of rotatable bonds is 7. The van der Waals surface area contributed by atoms with Crippen molar-refractivity contribution in [2.75, 3.05) is 27.2 Å². The van der Waals surface area contributed by atoms with Crippen LogP contribution in [0.2, 0.25) is 0 Å². The average Bonchev–Trinajstić information content (AvgIpc) is 2.55. The zero-order valence-corrected chi connectivity index (χ0v) is 13.1. The quantitative estimate of drug-likeness (QED) is 0.629. The van der Waals surface area contributed by atoms with E-state index in [1.807, 2.05) is 74.8 Å². The fourth-order valence-electron chi connectivity index (χ4n) is 2.09. The summed E-state index contributed by atoms with van der Waals surface area (Å²) in [5.74, 6) is 0.0109. The number of carbonyl (C=O) groups is 1. The van der Waals surface area contributed by atoms with Crippen LogP contribution in [0, 0.1) is 0 Å². The molecule has 0 fully saturated rings. The Balaban J connectivity index is 2.20. The maximum absolute atomic E-state index is 12.4. The van der Waals surface area contributed by atoms with E-state index in [1.165, 1.54) is 0 Å². The molecule has 0 atom stereocenters. The molecule has 0 heterocycles. The molecule has 22 heavy (non-hydrogen) atoms. The minimum Gasteiger partial charge on any atom is -0.383 e. The van der Waals surface area contributed by atoms with Crippen molar-refractivity contribution in [3.63, 3.8) is 0 Å². The lowest BCUT2D eigenvalue weighted by atomic mass is 10.1. The van der Waals surface area contributed by atoms with E-state index in [4.69, 9.17) is 0 Å². The Labute approximate surface area is 132 Å². The third-order valence-electron chi connectivity index (χ3n) is 3.29. The summed E-state index contributed by atoms with van der Waals surface area (Å²) in [5.41, 5.74) is 2.58. The minimum atomic E-state index is 0.0109. The second kappa shape index (κ2) is 8.15. The van der Waals surface area contributed by atoms with Crippen LogP contribution in [0.4, 0.5) is 0 Å². The zero-order chi connectivity index (χ0) is 15.8. The van der Waals surface area contributed by atoms with Crippen molar-refractivity contribution >= 4 is 11.5 Å². The van der Waals surface area contributed by atoms with Gasteiger partial charge in [0.25, 0.3) is 0 Å². The molecule has 0 aliphatic rings. The van der Waals surface area contributed by atoms with Gasteiger partial charge in [-0.1, -0.05) is 60.7 Å². The van der Waals surface area contributed by atoms with E-state index >= 15 is 0 Å². The van der Waals surface area contributed by atoms with Crippen LogP contribution in [-0.2, 0) is 0 Å². The molecule has 0 amide bonds. The van der Waals surface area contributed by atoms with Gasteiger partial charge in [0.05, 0.1) is 0 Å². The molecule has 114 valence electrons. The van der Waals surface area contributed by atoms with E-state index in [-0.39, 0.29) is 5.78 Å². The van der Waals surface area contributed by atoms with Gasteiger partial charge in [-0.2, -0.15) is 0 Å². The molecule has 3 nitrogen and oxygen atoms in total. The van der Waals surface area contributed by atoms with Crippen LogP contribution in [0.5, 0.6) is 0 Å². The molecule has 0 spiro atoms. The monoisotopic (exact) mass is 294 g/mol. The van der Waals surface area contributed by atoms with E-state index < -0.39 is 0 Å². The van der Waals surface area contributed by atoms with Gasteiger partial charge in [0, 0.05) is 30.4 Å². The molecule has 2 aromatic carbocycles. The Morgan fingerprint density at radius 3 is 2.05 bits per heavy atom. The van der Waals surface area contributed by atoms with Crippen molar-refractivity contribution in [2.24, 2.45) is 0 Å². The van der Waals surface area contributed by atoms with Crippen molar-refractivity contribution in [1.82, 2.24) is 10.2 Å². The molecule has 2 aromatic rings. The Hall–Kier alpha value is -2.39. The highest BCUT2D eigenvalue weighted by Crippen LogP contribution is 2.13. The van der Waals surface area contributed by atoms with Gasteiger partial charge in [-0.25, -0.2) is 0 Å². The van der Waals surface area contributed by atoms with Gasteiger partial charge < -0.3 is 10.2 Å². The molecule has 0 bridgehead atoms. The maximum Gasteiger partial charge on any atom is 0.187 e. The summed E-state index contributed by atoms with van der Waals surface area (Å²) in [7, 11) is 4.06. The number of hydrogen-bond acceptors (Lipinski definition) is 3. The van der Waals surface area contributed by atoms with E-state index in [0.29, 0.717) is 5.56 Å². The third kappa shape index (κ3) is 4.86. The van der Waals surface area contributed by atoms with Crippen molar-refractivity contribution in [3.05, 3.63) is 77.9 Å². The summed E-state index contributed by atoms with van der Waals surface area (Å²) < 4.78 is 0. The van der Waals surface area contributed by atoms with Gasteiger partial charge in [0.15, 0.2) is 5.78 Å². The van der Waals surface area contributed by atoms with E-state index in [0.717, 1.165) is 24.4 Å². The number of nitrogens with zero attached hydrogens (tertiary/aromatic N) is 1. The number of allylic oxidation sites excluding steroid dienone is 1. The zero-order valence-electron chi connectivity index (χ0n) is 13.1. The van der Waals surface area contributed by atoms with Crippen LogP contribution in [0.25, 0.3) is 5.70 Å². The number of likely N-dealkylation sites (N-methyl/N-ethyl adjacent to an activating group) is 1. The second-order valence-electron chi connectivity index (χ2n) is 5.38. The van der Waals surface area contributed by atoms with Crippen LogP contribution in [-0.4, -0.2) is 37.9 Å². The van der Waals surface area contributed by atoms with E-state index in [9.17, 15) is 4.79 Å². The molecule has 0 aliphatic carbocycles. The topological polar surface area (TPSA) is 32.3 Å². The Kier molecular flexibility index (Phi) is 5.92. The normalized spacial score (nSPS) is 11.5.